The molecule has 1 amide bonds. The van der Waals surface area contributed by atoms with E-state index >= 15 is 0 Å². The van der Waals surface area contributed by atoms with Crippen molar-refractivity contribution in [1.29, 1.82) is 0 Å². The van der Waals surface area contributed by atoms with E-state index in [2.05, 4.69) is 0 Å². The van der Waals surface area contributed by atoms with Crippen LogP contribution in [0, 0.1) is 11.6 Å². The van der Waals surface area contributed by atoms with Crippen molar-refractivity contribution >= 4 is 17.2 Å². The summed E-state index contributed by atoms with van der Waals surface area (Å²) in [6.07, 6.45) is 1.54. The number of benzene rings is 1. The first-order valence-corrected chi connectivity index (χ1v) is 8.40. The molecule has 0 saturated carbocycles. The molecule has 25 heavy (non-hydrogen) atoms. The molecule has 0 unspecified atom stereocenters. The molecule has 0 aliphatic rings. The number of amides is 1. The monoisotopic (exact) mass is 363 g/mol. The van der Waals surface area contributed by atoms with Crippen LogP contribution in [0.2, 0.25) is 0 Å². The third-order valence-electron chi connectivity index (χ3n) is 3.45. The van der Waals surface area contributed by atoms with Crippen molar-refractivity contribution in [3.05, 3.63) is 76.4 Å². The van der Waals surface area contributed by atoms with E-state index < -0.39 is 11.6 Å². The quantitative estimate of drug-likeness (QED) is 0.631. The van der Waals surface area contributed by atoms with Crippen molar-refractivity contribution in [1.82, 2.24) is 4.90 Å². The Morgan fingerprint density at radius 3 is 2.72 bits per heavy atom. The molecular weight excluding hydrogens is 348 g/mol. The lowest BCUT2D eigenvalue weighted by Crippen LogP contribution is -2.33. The van der Waals surface area contributed by atoms with Crippen LogP contribution in [0.3, 0.4) is 0 Å². The summed E-state index contributed by atoms with van der Waals surface area (Å²) in [4.78, 5) is 15.1. The highest BCUT2D eigenvalue weighted by atomic mass is 32.1. The molecule has 0 bridgehead atoms. The maximum atomic E-state index is 13.6. The number of ether oxygens (including phenoxy) is 1. The molecule has 0 fully saturated rings. The number of furan rings is 1. The van der Waals surface area contributed by atoms with Crippen molar-refractivity contribution in [2.45, 2.75) is 13.1 Å². The maximum absolute atomic E-state index is 13.6. The van der Waals surface area contributed by atoms with E-state index in [9.17, 15) is 13.6 Å². The second-order valence-corrected chi connectivity index (χ2v) is 6.30. The lowest BCUT2D eigenvalue weighted by atomic mass is 10.3. The first kappa shape index (κ1) is 17.2. The van der Waals surface area contributed by atoms with E-state index in [1.807, 2.05) is 17.5 Å². The van der Waals surface area contributed by atoms with Crippen molar-refractivity contribution in [3.63, 3.8) is 0 Å². The van der Waals surface area contributed by atoms with Crippen LogP contribution in [-0.4, -0.2) is 17.4 Å². The highest BCUT2D eigenvalue weighted by Gasteiger charge is 2.18. The SMILES string of the molecule is O=C(COc1ccc(F)cc1F)N(Cc1ccco1)Cc1cccs1. The minimum Gasteiger partial charge on any atom is -0.481 e. The van der Waals surface area contributed by atoms with Gasteiger partial charge in [-0.1, -0.05) is 6.07 Å². The van der Waals surface area contributed by atoms with E-state index in [4.69, 9.17) is 9.15 Å². The van der Waals surface area contributed by atoms with Crippen LogP contribution < -0.4 is 4.74 Å². The fourth-order valence-corrected chi connectivity index (χ4v) is 2.96. The molecule has 2 heterocycles. The standard InChI is InChI=1S/C18H15F2NO3S/c19-13-5-6-17(16(20)9-13)24-12-18(22)21(10-14-3-1-7-23-14)11-15-4-2-8-25-15/h1-9H,10-12H2. The summed E-state index contributed by atoms with van der Waals surface area (Å²) >= 11 is 1.53. The molecule has 0 aliphatic heterocycles. The zero-order valence-electron chi connectivity index (χ0n) is 13.2. The van der Waals surface area contributed by atoms with Crippen LogP contribution >= 0.6 is 11.3 Å². The van der Waals surface area contributed by atoms with Crippen LogP contribution in [0.25, 0.3) is 0 Å². The Labute approximate surface area is 147 Å². The van der Waals surface area contributed by atoms with Crippen LogP contribution in [0.1, 0.15) is 10.6 Å². The summed E-state index contributed by atoms with van der Waals surface area (Å²) in [5.74, 6) is -1.40. The van der Waals surface area contributed by atoms with Gasteiger partial charge in [-0.15, -0.1) is 11.3 Å². The maximum Gasteiger partial charge on any atom is 0.261 e. The van der Waals surface area contributed by atoms with Gasteiger partial charge >= 0.3 is 0 Å². The zero-order chi connectivity index (χ0) is 17.6. The topological polar surface area (TPSA) is 42.7 Å². The van der Waals surface area contributed by atoms with Gasteiger partial charge in [0.1, 0.15) is 11.6 Å². The molecular formula is C18H15F2NO3S. The van der Waals surface area contributed by atoms with E-state index in [1.54, 1.807) is 17.0 Å². The molecule has 2 aromatic heterocycles. The van der Waals surface area contributed by atoms with Crippen molar-refractivity contribution < 1.29 is 22.7 Å². The van der Waals surface area contributed by atoms with Crippen LogP contribution in [0.4, 0.5) is 8.78 Å². The Hall–Kier alpha value is -2.67. The second kappa shape index (κ2) is 7.94. The molecule has 0 aliphatic carbocycles. The van der Waals surface area contributed by atoms with E-state index in [0.29, 0.717) is 18.4 Å². The van der Waals surface area contributed by atoms with E-state index in [1.165, 1.54) is 17.6 Å². The van der Waals surface area contributed by atoms with Crippen LogP contribution in [0.5, 0.6) is 5.75 Å². The molecule has 0 spiro atoms. The Morgan fingerprint density at radius 2 is 2.04 bits per heavy atom. The predicted octanol–water partition coefficient (Wildman–Crippen LogP) is 4.23. The molecule has 130 valence electrons. The molecule has 3 aromatic rings. The van der Waals surface area contributed by atoms with Gasteiger partial charge < -0.3 is 14.1 Å². The molecule has 0 atom stereocenters. The summed E-state index contributed by atoms with van der Waals surface area (Å²) in [5, 5.41) is 1.93. The Balaban J connectivity index is 1.67. The molecule has 0 radical (unpaired) electrons. The summed E-state index contributed by atoms with van der Waals surface area (Å²) in [6, 6.07) is 10.3. The highest BCUT2D eigenvalue weighted by molar-refractivity contribution is 7.09. The van der Waals surface area contributed by atoms with Crippen molar-refractivity contribution in [2.75, 3.05) is 6.61 Å². The van der Waals surface area contributed by atoms with Gasteiger partial charge in [0.15, 0.2) is 18.2 Å². The van der Waals surface area contributed by atoms with Gasteiger partial charge in [0.05, 0.1) is 19.4 Å². The van der Waals surface area contributed by atoms with Gasteiger partial charge in [-0.25, -0.2) is 8.78 Å². The Morgan fingerprint density at radius 1 is 1.16 bits per heavy atom. The van der Waals surface area contributed by atoms with Gasteiger partial charge in [0, 0.05) is 10.9 Å². The molecule has 7 heteroatoms. The number of carbonyl (C=O) groups is 1. The van der Waals surface area contributed by atoms with Crippen molar-refractivity contribution in [3.8, 4) is 5.75 Å². The predicted molar refractivity (Wildman–Crippen MR) is 89.1 cm³/mol. The third kappa shape index (κ3) is 4.67. The average Bonchev–Trinajstić information content (AvgIpc) is 3.27. The first-order valence-electron chi connectivity index (χ1n) is 7.52. The molecule has 3 rings (SSSR count). The minimum atomic E-state index is -0.844. The Kier molecular flexibility index (Phi) is 5.45. The van der Waals surface area contributed by atoms with Crippen molar-refractivity contribution in [2.24, 2.45) is 0 Å². The highest BCUT2D eigenvalue weighted by Crippen LogP contribution is 2.19. The number of carbonyl (C=O) groups excluding carboxylic acids is 1. The van der Waals surface area contributed by atoms with Gasteiger partial charge in [-0.3, -0.25) is 4.79 Å². The number of hydrogen-bond donors (Lipinski definition) is 0. The molecule has 0 N–H and O–H groups in total. The van der Waals surface area contributed by atoms with Gasteiger partial charge in [0.2, 0.25) is 0 Å². The number of nitrogens with zero attached hydrogens (tertiary/aromatic N) is 1. The van der Waals surface area contributed by atoms with Gasteiger partial charge in [-0.05, 0) is 35.7 Å². The average molecular weight is 363 g/mol. The fraction of sp³-hybridized carbons (Fsp3) is 0.167. The number of thiophene rings is 1. The van der Waals surface area contributed by atoms with Crippen LogP contribution in [-0.2, 0) is 17.9 Å². The second-order valence-electron chi connectivity index (χ2n) is 5.27. The Bertz CT molecular complexity index is 783. The summed E-state index contributed by atoms with van der Waals surface area (Å²) < 4.78 is 37.0. The summed E-state index contributed by atoms with van der Waals surface area (Å²) in [6.45, 7) is 0.320. The van der Waals surface area contributed by atoms with Gasteiger partial charge in [-0.2, -0.15) is 0 Å². The molecule has 1 aromatic carbocycles. The lowest BCUT2D eigenvalue weighted by molar-refractivity contribution is -0.134. The molecule has 4 nitrogen and oxygen atoms in total. The normalized spacial score (nSPS) is 10.6. The number of rotatable bonds is 7. The fourth-order valence-electron chi connectivity index (χ4n) is 2.24. The largest absolute Gasteiger partial charge is 0.481 e. The van der Waals surface area contributed by atoms with Gasteiger partial charge in [0.25, 0.3) is 5.91 Å². The third-order valence-corrected chi connectivity index (χ3v) is 4.31. The van der Waals surface area contributed by atoms with E-state index in [0.717, 1.165) is 17.0 Å². The lowest BCUT2D eigenvalue weighted by Gasteiger charge is -2.21. The minimum absolute atomic E-state index is 0.163. The number of hydrogen-bond acceptors (Lipinski definition) is 4. The van der Waals surface area contributed by atoms with E-state index in [-0.39, 0.29) is 24.8 Å². The number of halogens is 2. The molecule has 0 saturated heterocycles. The first-order chi connectivity index (χ1) is 12.1. The van der Waals surface area contributed by atoms with Crippen LogP contribution in [0.15, 0.2) is 58.5 Å². The summed E-state index contributed by atoms with van der Waals surface area (Å²) in [5.41, 5.74) is 0. The smallest absolute Gasteiger partial charge is 0.261 e. The zero-order valence-corrected chi connectivity index (χ0v) is 14.0. The summed E-state index contributed by atoms with van der Waals surface area (Å²) in [7, 11) is 0.